The number of hydrogen-bond donors (Lipinski definition) is 4. The van der Waals surface area contributed by atoms with Crippen LogP contribution in [0.25, 0.3) is 0 Å². The number of thiocyanates is 1. The maximum absolute atomic E-state index is 7.18. The molecular formula is C2H8IKN4S. The first kappa shape index (κ1) is 22.4. The fraction of sp³-hybridized carbons (Fsp3) is 0. The van der Waals surface area contributed by atoms with Crippen molar-refractivity contribution in [3.05, 3.63) is 0 Å². The molecule has 0 aliphatic rings. The third-order valence-electron chi connectivity index (χ3n) is 0. The van der Waals surface area contributed by atoms with Crippen molar-refractivity contribution in [2.24, 2.45) is 11.5 Å². The molecule has 50 valence electrons. The molecule has 0 rings (SSSR count). The van der Waals surface area contributed by atoms with Gasteiger partial charge in [0.25, 0.3) is 0 Å². The van der Waals surface area contributed by atoms with E-state index < -0.39 is 0 Å². The molecule has 0 bridgehead atoms. The Labute approximate surface area is 119 Å². The minimum atomic E-state index is -0.333. The number of nitriles is 1. The van der Waals surface area contributed by atoms with Crippen LogP contribution in [0.2, 0.25) is 0 Å². The molecule has 0 saturated heterocycles. The van der Waals surface area contributed by atoms with Crippen LogP contribution in [0.4, 0.5) is 0 Å². The van der Waals surface area contributed by atoms with Crippen molar-refractivity contribution >= 4 is 93.9 Å². The van der Waals surface area contributed by atoms with E-state index in [0.717, 1.165) is 0 Å². The van der Waals surface area contributed by atoms with Crippen LogP contribution in [0.15, 0.2) is 0 Å². The molecular weight excluding hydrogens is 278 g/mol. The Bertz CT molecular complexity index is 87.1. The molecule has 4 nitrogen and oxygen atoms in total. The summed E-state index contributed by atoms with van der Waals surface area (Å²) < 4.78 is 0. The van der Waals surface area contributed by atoms with Gasteiger partial charge in [-0.1, -0.05) is 12.6 Å². The van der Waals surface area contributed by atoms with Crippen molar-refractivity contribution in [3.63, 3.8) is 0 Å². The summed E-state index contributed by atoms with van der Waals surface area (Å²) in [7, 11) is 0. The van der Waals surface area contributed by atoms with Crippen molar-refractivity contribution in [2.75, 3.05) is 0 Å². The normalized spacial score (nSPS) is 3.56. The standard InChI is InChI=1S/CH5N3.CHNS.HI.K.H/c2-1(3)4;2-1-3;;;/h(H5,2,3,4);3H;1H;;. The second-order valence-electron chi connectivity index (χ2n) is 0.555. The van der Waals surface area contributed by atoms with Crippen molar-refractivity contribution in [2.45, 2.75) is 0 Å². The van der Waals surface area contributed by atoms with Crippen LogP contribution in [-0.2, 0) is 0 Å². The predicted molar refractivity (Wildman–Crippen MR) is 53.3 cm³/mol. The molecule has 0 fully saturated rings. The number of hydrogen-bond acceptors (Lipinski definition) is 3. The van der Waals surface area contributed by atoms with E-state index in [-0.39, 0.29) is 81.3 Å². The topological polar surface area (TPSA) is 99.7 Å². The van der Waals surface area contributed by atoms with Crippen LogP contribution >= 0.6 is 36.6 Å². The van der Waals surface area contributed by atoms with Gasteiger partial charge in [0.05, 0.1) is 0 Å². The summed E-state index contributed by atoms with van der Waals surface area (Å²) in [6.45, 7) is 0. The molecule has 0 saturated carbocycles. The number of halogens is 1. The zero-order valence-corrected chi connectivity index (χ0v) is 7.18. The van der Waals surface area contributed by atoms with Crippen molar-refractivity contribution < 1.29 is 0 Å². The number of guanidine groups is 1. The molecule has 5 N–H and O–H groups in total. The van der Waals surface area contributed by atoms with E-state index >= 15 is 0 Å². The second kappa shape index (κ2) is 22.7. The molecule has 0 radical (unpaired) electrons. The SMILES string of the molecule is I.N#CS.N=C(N)N.[KH]. The number of nitrogens with two attached hydrogens (primary N) is 2. The van der Waals surface area contributed by atoms with Crippen molar-refractivity contribution in [1.82, 2.24) is 0 Å². The molecule has 0 aromatic carbocycles. The molecule has 0 amide bonds. The number of nitrogens with zero attached hydrogens (tertiary/aromatic N) is 1. The molecule has 0 spiro atoms. The molecule has 0 aliphatic heterocycles. The fourth-order valence-electron chi connectivity index (χ4n) is 0. The van der Waals surface area contributed by atoms with Crippen LogP contribution in [0.5, 0.6) is 0 Å². The Morgan fingerprint density at radius 1 is 1.56 bits per heavy atom. The quantitative estimate of drug-likeness (QED) is 0.117. The summed E-state index contributed by atoms with van der Waals surface area (Å²) in [4.78, 5) is 0. The summed E-state index contributed by atoms with van der Waals surface area (Å²) in [5.74, 6) is -0.333. The van der Waals surface area contributed by atoms with E-state index in [1.165, 1.54) is 5.40 Å². The van der Waals surface area contributed by atoms with Gasteiger partial charge in [-0.05, 0) is 0 Å². The second-order valence-corrected chi connectivity index (χ2v) is 0.755. The Balaban J connectivity index is -0.0000000233. The Hall–Kier alpha value is 1.48. The molecule has 0 aromatic rings. The summed E-state index contributed by atoms with van der Waals surface area (Å²) >= 11 is 3.09. The van der Waals surface area contributed by atoms with Gasteiger partial charge in [0.1, 0.15) is 5.40 Å². The van der Waals surface area contributed by atoms with E-state index in [9.17, 15) is 0 Å². The van der Waals surface area contributed by atoms with Gasteiger partial charge in [-0.25, -0.2) is 0 Å². The van der Waals surface area contributed by atoms with E-state index in [0.29, 0.717) is 0 Å². The van der Waals surface area contributed by atoms with Gasteiger partial charge < -0.3 is 11.5 Å². The molecule has 9 heavy (non-hydrogen) atoms. The molecule has 0 unspecified atom stereocenters. The molecule has 0 atom stereocenters. The van der Waals surface area contributed by atoms with Gasteiger partial charge in [0.15, 0.2) is 5.96 Å². The summed E-state index contributed by atoms with van der Waals surface area (Å²) in [6.07, 6.45) is 0. The van der Waals surface area contributed by atoms with Crippen molar-refractivity contribution in [3.8, 4) is 5.40 Å². The summed E-state index contributed by atoms with van der Waals surface area (Å²) in [5, 5.41) is 14.7. The third kappa shape index (κ3) is 243. The first-order valence-electron chi connectivity index (χ1n) is 1.27. The van der Waals surface area contributed by atoms with Gasteiger partial charge in [-0.15, -0.1) is 24.0 Å². The monoisotopic (exact) mass is 286 g/mol. The number of rotatable bonds is 0. The minimum absolute atomic E-state index is 0. The van der Waals surface area contributed by atoms with Crippen LogP contribution in [-0.4, -0.2) is 57.3 Å². The van der Waals surface area contributed by atoms with Gasteiger partial charge in [-0.3, -0.25) is 5.41 Å². The molecule has 0 aliphatic carbocycles. The molecule has 0 aromatic heterocycles. The molecule has 7 heteroatoms. The predicted octanol–water partition coefficient (Wildman–Crippen LogP) is -0.795. The Morgan fingerprint density at radius 2 is 1.56 bits per heavy atom. The maximum atomic E-state index is 7.18. The zero-order valence-electron chi connectivity index (χ0n) is 3.96. The Morgan fingerprint density at radius 3 is 1.56 bits per heavy atom. The first-order chi connectivity index (χ1) is 3.15. The van der Waals surface area contributed by atoms with Gasteiger partial charge in [0, 0.05) is 0 Å². The fourth-order valence-corrected chi connectivity index (χ4v) is 0. The first-order valence-corrected chi connectivity index (χ1v) is 1.72. The van der Waals surface area contributed by atoms with E-state index in [1.807, 2.05) is 0 Å². The van der Waals surface area contributed by atoms with Crippen LogP contribution in [0, 0.1) is 16.1 Å². The van der Waals surface area contributed by atoms with Crippen LogP contribution in [0.3, 0.4) is 0 Å². The van der Waals surface area contributed by atoms with Crippen LogP contribution in [0.1, 0.15) is 0 Å². The Kier molecular flexibility index (Phi) is 56.6. The summed E-state index contributed by atoms with van der Waals surface area (Å²) in [6, 6.07) is 0. The number of thiol groups is 1. The number of nitrogens with one attached hydrogen (secondary N) is 1. The summed E-state index contributed by atoms with van der Waals surface area (Å²) in [5.41, 5.74) is 8.94. The van der Waals surface area contributed by atoms with E-state index in [4.69, 9.17) is 10.7 Å². The average molecular weight is 286 g/mol. The average Bonchev–Trinajstić information content (AvgIpc) is 1.33. The van der Waals surface area contributed by atoms with Crippen LogP contribution < -0.4 is 11.5 Å². The van der Waals surface area contributed by atoms with Gasteiger partial charge >= 0.3 is 51.4 Å². The zero-order chi connectivity index (χ0) is 6.28. The van der Waals surface area contributed by atoms with Gasteiger partial charge in [-0.2, -0.15) is 5.26 Å². The van der Waals surface area contributed by atoms with E-state index in [1.54, 1.807) is 0 Å². The molecule has 0 heterocycles. The van der Waals surface area contributed by atoms with Gasteiger partial charge in [0.2, 0.25) is 0 Å². The third-order valence-corrected chi connectivity index (χ3v) is 0. The van der Waals surface area contributed by atoms with E-state index in [2.05, 4.69) is 24.1 Å². The van der Waals surface area contributed by atoms with Crippen molar-refractivity contribution in [1.29, 1.82) is 10.7 Å².